The van der Waals surface area contributed by atoms with Gasteiger partial charge in [0.25, 0.3) is 0 Å². The maximum atomic E-state index is 13.8. The van der Waals surface area contributed by atoms with Crippen molar-refractivity contribution in [2.45, 2.75) is 37.1 Å². The Kier molecular flexibility index (Phi) is 3.27. The van der Waals surface area contributed by atoms with Crippen LogP contribution < -0.4 is 0 Å². The lowest BCUT2D eigenvalue weighted by atomic mass is 9.77. The van der Waals surface area contributed by atoms with Crippen molar-refractivity contribution in [2.24, 2.45) is 0 Å². The molecule has 20 heavy (non-hydrogen) atoms. The van der Waals surface area contributed by atoms with Crippen LogP contribution in [-0.2, 0) is 15.1 Å². The number of rotatable bonds is 1. The summed E-state index contributed by atoms with van der Waals surface area (Å²) >= 11 is 0. The van der Waals surface area contributed by atoms with E-state index >= 15 is 0 Å². The molecule has 1 saturated heterocycles. The van der Waals surface area contributed by atoms with Crippen LogP contribution in [0.15, 0.2) is 12.1 Å². The third kappa shape index (κ3) is 2.21. The maximum absolute atomic E-state index is 13.8. The van der Waals surface area contributed by atoms with E-state index < -0.39 is 28.8 Å². The summed E-state index contributed by atoms with van der Waals surface area (Å²) in [5.41, 5.74) is -1.72. The molecular formula is C14H15F3O3. The highest BCUT2D eigenvalue weighted by molar-refractivity contribution is 5.27. The Labute approximate surface area is 114 Å². The summed E-state index contributed by atoms with van der Waals surface area (Å²) in [6.45, 7) is 0.996. The van der Waals surface area contributed by atoms with Crippen LogP contribution in [-0.4, -0.2) is 24.1 Å². The molecule has 110 valence electrons. The molecule has 1 N–H and O–H groups in total. The number of benzene rings is 1. The summed E-state index contributed by atoms with van der Waals surface area (Å²) in [6.07, 6.45) is 1.13. The van der Waals surface area contributed by atoms with Crippen molar-refractivity contribution < 1.29 is 27.8 Å². The third-order valence-corrected chi connectivity index (χ3v) is 4.16. The van der Waals surface area contributed by atoms with Crippen LogP contribution in [0.5, 0.6) is 0 Å². The minimum atomic E-state index is -1.51. The van der Waals surface area contributed by atoms with E-state index in [0.29, 0.717) is 32.1 Å². The topological polar surface area (TPSA) is 38.7 Å². The molecule has 0 aromatic heterocycles. The molecule has 1 aliphatic heterocycles. The Morgan fingerprint density at radius 3 is 2.00 bits per heavy atom. The van der Waals surface area contributed by atoms with Crippen LogP contribution in [0.3, 0.4) is 0 Å². The Morgan fingerprint density at radius 2 is 1.40 bits per heavy atom. The van der Waals surface area contributed by atoms with Crippen molar-refractivity contribution in [2.75, 3.05) is 13.2 Å². The van der Waals surface area contributed by atoms with Gasteiger partial charge in [0.05, 0.1) is 18.8 Å². The zero-order valence-electron chi connectivity index (χ0n) is 10.8. The number of aliphatic hydroxyl groups is 1. The normalized spacial score (nSPS) is 24.2. The van der Waals surface area contributed by atoms with Crippen molar-refractivity contribution in [1.29, 1.82) is 0 Å². The number of ether oxygens (including phenoxy) is 2. The second-order valence-electron chi connectivity index (χ2n) is 5.39. The molecule has 6 heteroatoms. The molecule has 1 aromatic carbocycles. The fourth-order valence-electron chi connectivity index (χ4n) is 2.98. The number of hydrogen-bond acceptors (Lipinski definition) is 3. The van der Waals surface area contributed by atoms with Gasteiger partial charge in [0.1, 0.15) is 5.82 Å². The fraction of sp³-hybridized carbons (Fsp3) is 0.571. The third-order valence-electron chi connectivity index (χ3n) is 4.16. The second-order valence-corrected chi connectivity index (χ2v) is 5.39. The molecule has 0 radical (unpaired) electrons. The number of hydrogen-bond donors (Lipinski definition) is 1. The van der Waals surface area contributed by atoms with Crippen molar-refractivity contribution in [3.05, 3.63) is 35.1 Å². The molecule has 0 atom stereocenters. The van der Waals surface area contributed by atoms with E-state index in [1.54, 1.807) is 0 Å². The minimum Gasteiger partial charge on any atom is -0.385 e. The average molecular weight is 288 g/mol. The zero-order valence-corrected chi connectivity index (χ0v) is 10.8. The Morgan fingerprint density at radius 1 is 0.850 bits per heavy atom. The van der Waals surface area contributed by atoms with Crippen LogP contribution >= 0.6 is 0 Å². The zero-order chi connectivity index (χ0) is 14.4. The molecular weight excluding hydrogens is 273 g/mol. The smallest absolute Gasteiger partial charge is 0.168 e. The lowest BCUT2D eigenvalue weighted by molar-refractivity contribution is -0.204. The van der Waals surface area contributed by atoms with E-state index in [-0.39, 0.29) is 18.4 Å². The van der Waals surface area contributed by atoms with E-state index in [4.69, 9.17) is 9.47 Å². The molecule has 0 bridgehead atoms. The van der Waals surface area contributed by atoms with Gasteiger partial charge in [0.15, 0.2) is 17.4 Å². The lowest BCUT2D eigenvalue weighted by Crippen LogP contribution is -2.42. The molecule has 1 aromatic rings. The van der Waals surface area contributed by atoms with Gasteiger partial charge in [0, 0.05) is 24.5 Å². The molecule has 1 aliphatic carbocycles. The van der Waals surface area contributed by atoms with Crippen molar-refractivity contribution >= 4 is 0 Å². The Hall–Kier alpha value is -1.11. The van der Waals surface area contributed by atoms with Crippen LogP contribution in [0.2, 0.25) is 0 Å². The predicted molar refractivity (Wildman–Crippen MR) is 63.3 cm³/mol. The van der Waals surface area contributed by atoms with Gasteiger partial charge in [-0.3, -0.25) is 0 Å². The summed E-state index contributed by atoms with van der Waals surface area (Å²) in [5.74, 6) is -4.06. The first-order valence-corrected chi connectivity index (χ1v) is 6.60. The van der Waals surface area contributed by atoms with Gasteiger partial charge in [-0.15, -0.1) is 0 Å². The quantitative estimate of drug-likeness (QED) is 0.807. The van der Waals surface area contributed by atoms with Crippen molar-refractivity contribution in [3.8, 4) is 0 Å². The molecule has 1 heterocycles. The predicted octanol–water partition coefficient (Wildman–Crippen LogP) is 2.61. The summed E-state index contributed by atoms with van der Waals surface area (Å²) in [5, 5.41) is 10.5. The second kappa shape index (κ2) is 4.72. The standard InChI is InChI=1S/C14H15F3O3/c15-10-8-12(17)11(16)7-9(10)13(18)1-3-14(4-2-13)19-5-6-20-14/h7-8,18H,1-6H2. The van der Waals surface area contributed by atoms with Gasteiger partial charge in [-0.25, -0.2) is 13.2 Å². The van der Waals surface area contributed by atoms with Gasteiger partial charge in [-0.1, -0.05) is 0 Å². The SMILES string of the molecule is OC1(c2cc(F)c(F)cc2F)CCC2(CC1)OCCO2. The molecule has 3 rings (SSSR count). The molecule has 0 unspecified atom stereocenters. The van der Waals surface area contributed by atoms with Gasteiger partial charge in [-0.05, 0) is 18.9 Å². The van der Waals surface area contributed by atoms with Crippen LogP contribution in [0.4, 0.5) is 13.2 Å². The monoisotopic (exact) mass is 288 g/mol. The van der Waals surface area contributed by atoms with Crippen molar-refractivity contribution in [1.82, 2.24) is 0 Å². The summed E-state index contributed by atoms with van der Waals surface area (Å²) < 4.78 is 51.1. The van der Waals surface area contributed by atoms with Gasteiger partial charge < -0.3 is 14.6 Å². The molecule has 1 spiro atoms. The van der Waals surface area contributed by atoms with Crippen molar-refractivity contribution in [3.63, 3.8) is 0 Å². The first-order chi connectivity index (χ1) is 9.44. The summed E-state index contributed by atoms with van der Waals surface area (Å²) in [4.78, 5) is 0. The number of halogens is 3. The molecule has 1 saturated carbocycles. The highest BCUT2D eigenvalue weighted by atomic mass is 19.2. The summed E-state index contributed by atoms with van der Waals surface area (Å²) in [7, 11) is 0. The van der Waals surface area contributed by atoms with Crippen LogP contribution in [0, 0.1) is 17.5 Å². The Bertz CT molecular complexity index is 517. The molecule has 2 fully saturated rings. The van der Waals surface area contributed by atoms with Crippen LogP contribution in [0.1, 0.15) is 31.2 Å². The first-order valence-electron chi connectivity index (χ1n) is 6.60. The van der Waals surface area contributed by atoms with E-state index in [1.165, 1.54) is 0 Å². The molecule has 0 amide bonds. The average Bonchev–Trinajstić information content (AvgIpc) is 2.87. The van der Waals surface area contributed by atoms with E-state index in [1.807, 2.05) is 0 Å². The Balaban J connectivity index is 1.85. The van der Waals surface area contributed by atoms with Gasteiger partial charge in [0.2, 0.25) is 0 Å². The van der Waals surface area contributed by atoms with E-state index in [0.717, 1.165) is 6.07 Å². The first kappa shape index (κ1) is 13.9. The van der Waals surface area contributed by atoms with E-state index in [9.17, 15) is 18.3 Å². The largest absolute Gasteiger partial charge is 0.385 e. The maximum Gasteiger partial charge on any atom is 0.168 e. The van der Waals surface area contributed by atoms with Crippen LogP contribution in [0.25, 0.3) is 0 Å². The lowest BCUT2D eigenvalue weighted by Gasteiger charge is -2.40. The van der Waals surface area contributed by atoms with E-state index in [2.05, 4.69) is 0 Å². The fourth-order valence-corrected chi connectivity index (χ4v) is 2.98. The highest BCUT2D eigenvalue weighted by Crippen LogP contribution is 2.45. The molecule has 3 nitrogen and oxygen atoms in total. The highest BCUT2D eigenvalue weighted by Gasteiger charge is 2.47. The summed E-state index contributed by atoms with van der Waals surface area (Å²) in [6, 6.07) is 1.20. The van der Waals surface area contributed by atoms with Gasteiger partial charge in [-0.2, -0.15) is 0 Å². The minimum absolute atomic E-state index is 0.176. The molecule has 2 aliphatic rings. The van der Waals surface area contributed by atoms with Gasteiger partial charge >= 0.3 is 0 Å².